The van der Waals surface area contributed by atoms with Crippen LogP contribution in [0.1, 0.15) is 34.6 Å². The minimum Gasteiger partial charge on any atom is -0.399 e. The molecule has 19 heavy (non-hydrogen) atoms. The van der Waals surface area contributed by atoms with Gasteiger partial charge in [0.15, 0.2) is 0 Å². The summed E-state index contributed by atoms with van der Waals surface area (Å²) in [5, 5.41) is 0. The lowest BCUT2D eigenvalue weighted by Gasteiger charge is -2.32. The Morgan fingerprint density at radius 2 is 1.63 bits per heavy atom. The first-order valence-corrected chi connectivity index (χ1v) is 6.07. The zero-order valence-electron chi connectivity index (χ0n) is 11.8. The fourth-order valence-electron chi connectivity index (χ4n) is 1.61. The average molecular weight is 264 g/mol. The van der Waals surface area contributed by atoms with Crippen LogP contribution in [0, 0.1) is 0 Å². The van der Waals surface area contributed by atoms with E-state index in [1.165, 1.54) is 19.3 Å². The first-order chi connectivity index (χ1) is 8.71. The molecule has 0 unspecified atom stereocenters. The highest BCUT2D eigenvalue weighted by Gasteiger charge is 2.51. The SMILES string of the molecule is CC(=O)Oc1ncc(B2OC(C)(C)C(C)(C)O2)cn1. The van der Waals surface area contributed by atoms with Crippen molar-refractivity contribution in [3.05, 3.63) is 12.4 Å². The van der Waals surface area contributed by atoms with Crippen LogP contribution in [0.4, 0.5) is 0 Å². The van der Waals surface area contributed by atoms with Gasteiger partial charge in [0.05, 0.1) is 11.2 Å². The third kappa shape index (κ3) is 2.77. The largest absolute Gasteiger partial charge is 0.498 e. The number of hydrogen-bond acceptors (Lipinski definition) is 6. The maximum atomic E-state index is 10.8. The average Bonchev–Trinajstić information content (AvgIpc) is 2.48. The fraction of sp³-hybridized carbons (Fsp3) is 0.583. The van der Waals surface area contributed by atoms with E-state index in [0.717, 1.165) is 0 Å². The molecule has 0 aliphatic carbocycles. The summed E-state index contributed by atoms with van der Waals surface area (Å²) in [6.45, 7) is 9.19. The Kier molecular flexibility index (Phi) is 3.36. The molecule has 1 aromatic heterocycles. The van der Waals surface area contributed by atoms with Crippen molar-refractivity contribution >= 4 is 18.6 Å². The van der Waals surface area contributed by atoms with Gasteiger partial charge in [0.1, 0.15) is 0 Å². The van der Waals surface area contributed by atoms with Crippen molar-refractivity contribution in [3.8, 4) is 6.01 Å². The molecule has 0 bridgehead atoms. The summed E-state index contributed by atoms with van der Waals surface area (Å²) in [6, 6.07) is 0.0211. The van der Waals surface area contributed by atoms with Gasteiger partial charge >= 0.3 is 19.1 Å². The van der Waals surface area contributed by atoms with E-state index in [-0.39, 0.29) is 6.01 Å². The molecule has 0 spiro atoms. The summed E-state index contributed by atoms with van der Waals surface area (Å²) in [7, 11) is -0.517. The smallest absolute Gasteiger partial charge is 0.399 e. The number of esters is 1. The Hall–Kier alpha value is -1.47. The van der Waals surface area contributed by atoms with Gasteiger partial charge in [-0.2, -0.15) is 0 Å². The summed E-state index contributed by atoms with van der Waals surface area (Å²) in [4.78, 5) is 18.7. The van der Waals surface area contributed by atoms with Crippen LogP contribution in [0.2, 0.25) is 0 Å². The number of rotatable bonds is 2. The highest BCUT2D eigenvalue weighted by molar-refractivity contribution is 6.61. The molecule has 0 aromatic carbocycles. The second kappa shape index (κ2) is 4.57. The van der Waals surface area contributed by atoms with Crippen LogP contribution in [0.3, 0.4) is 0 Å². The number of hydrogen-bond donors (Lipinski definition) is 0. The monoisotopic (exact) mass is 264 g/mol. The predicted molar refractivity (Wildman–Crippen MR) is 69.1 cm³/mol. The summed E-state index contributed by atoms with van der Waals surface area (Å²) in [5.41, 5.74) is -0.132. The molecule has 0 radical (unpaired) electrons. The van der Waals surface area contributed by atoms with E-state index in [2.05, 4.69) is 9.97 Å². The normalized spacial score (nSPS) is 20.4. The molecule has 6 nitrogen and oxygen atoms in total. The predicted octanol–water partition coefficient (Wildman–Crippen LogP) is 0.701. The van der Waals surface area contributed by atoms with Gasteiger partial charge in [-0.05, 0) is 27.7 Å². The molecule has 1 aromatic rings. The van der Waals surface area contributed by atoms with Crippen molar-refractivity contribution < 1.29 is 18.8 Å². The van der Waals surface area contributed by atoms with Crippen LogP contribution in [-0.2, 0) is 14.1 Å². The maximum Gasteiger partial charge on any atom is 0.498 e. The molecule has 1 saturated heterocycles. The Balaban J connectivity index is 2.14. The Morgan fingerprint density at radius 1 is 1.16 bits per heavy atom. The highest BCUT2D eigenvalue weighted by Crippen LogP contribution is 2.36. The summed E-state index contributed by atoms with van der Waals surface area (Å²) in [5.74, 6) is -0.455. The van der Waals surface area contributed by atoms with E-state index in [4.69, 9.17) is 14.0 Å². The second-order valence-electron chi connectivity index (χ2n) is 5.48. The molecule has 1 aliphatic rings. The van der Waals surface area contributed by atoms with E-state index < -0.39 is 24.3 Å². The van der Waals surface area contributed by atoms with Crippen LogP contribution < -0.4 is 10.2 Å². The Labute approximate surface area is 112 Å². The lowest BCUT2D eigenvalue weighted by molar-refractivity contribution is -0.132. The Bertz CT molecular complexity index is 471. The van der Waals surface area contributed by atoms with Crippen LogP contribution in [-0.4, -0.2) is 34.3 Å². The molecule has 1 fully saturated rings. The molecule has 1 aliphatic heterocycles. The topological polar surface area (TPSA) is 70.5 Å². The van der Waals surface area contributed by atoms with Crippen molar-refractivity contribution in [2.75, 3.05) is 0 Å². The first kappa shape index (κ1) is 14.0. The molecule has 2 heterocycles. The summed E-state index contributed by atoms with van der Waals surface area (Å²) < 4.78 is 16.5. The Morgan fingerprint density at radius 3 is 2.05 bits per heavy atom. The minimum absolute atomic E-state index is 0.0211. The molecular formula is C12H17BN2O4. The van der Waals surface area contributed by atoms with E-state index in [9.17, 15) is 4.79 Å². The third-order valence-corrected chi connectivity index (χ3v) is 3.41. The summed E-state index contributed by atoms with van der Waals surface area (Å²) in [6.07, 6.45) is 3.07. The van der Waals surface area contributed by atoms with E-state index in [1.54, 1.807) is 0 Å². The molecule has 102 valence electrons. The zero-order chi connectivity index (χ0) is 14.3. The molecule has 0 saturated carbocycles. The molecule has 0 amide bonds. The lowest BCUT2D eigenvalue weighted by atomic mass is 9.81. The number of nitrogens with zero attached hydrogens (tertiary/aromatic N) is 2. The quantitative estimate of drug-likeness (QED) is 0.578. The number of carbonyl (C=O) groups excluding carboxylic acids is 1. The van der Waals surface area contributed by atoms with Gasteiger partial charge in [0.25, 0.3) is 0 Å². The lowest BCUT2D eigenvalue weighted by Crippen LogP contribution is -2.41. The van der Waals surface area contributed by atoms with Crippen molar-refractivity contribution in [2.24, 2.45) is 0 Å². The van der Waals surface area contributed by atoms with Crippen LogP contribution in [0.25, 0.3) is 0 Å². The van der Waals surface area contributed by atoms with Gasteiger partial charge in [-0.1, -0.05) is 0 Å². The van der Waals surface area contributed by atoms with E-state index >= 15 is 0 Å². The molecule has 0 N–H and O–H groups in total. The van der Waals surface area contributed by atoms with Gasteiger partial charge in [0, 0.05) is 24.8 Å². The van der Waals surface area contributed by atoms with Crippen LogP contribution in [0.5, 0.6) is 6.01 Å². The maximum absolute atomic E-state index is 10.8. The van der Waals surface area contributed by atoms with Crippen LogP contribution in [0.15, 0.2) is 12.4 Å². The van der Waals surface area contributed by atoms with Crippen molar-refractivity contribution in [1.29, 1.82) is 0 Å². The standard InChI is InChI=1S/C12H17BN2O4/c1-8(16)17-10-14-6-9(7-15-10)13-18-11(2,3)12(4,5)19-13/h6-7H,1-5H3. The van der Waals surface area contributed by atoms with Crippen LogP contribution >= 0.6 is 0 Å². The molecule has 0 atom stereocenters. The second-order valence-corrected chi connectivity index (χ2v) is 5.48. The molecular weight excluding hydrogens is 247 g/mol. The van der Waals surface area contributed by atoms with E-state index in [1.807, 2.05) is 27.7 Å². The summed E-state index contributed by atoms with van der Waals surface area (Å²) >= 11 is 0. The van der Waals surface area contributed by atoms with Gasteiger partial charge in [0.2, 0.25) is 0 Å². The number of carbonyl (C=O) groups is 1. The highest BCUT2D eigenvalue weighted by atomic mass is 16.7. The van der Waals surface area contributed by atoms with Crippen molar-refractivity contribution in [2.45, 2.75) is 45.8 Å². The zero-order valence-corrected chi connectivity index (χ0v) is 11.8. The van der Waals surface area contributed by atoms with Crippen molar-refractivity contribution in [3.63, 3.8) is 0 Å². The van der Waals surface area contributed by atoms with Gasteiger partial charge in [-0.3, -0.25) is 4.79 Å². The minimum atomic E-state index is -0.517. The first-order valence-electron chi connectivity index (χ1n) is 6.07. The van der Waals surface area contributed by atoms with Gasteiger partial charge in [-0.15, -0.1) is 0 Å². The fourth-order valence-corrected chi connectivity index (χ4v) is 1.61. The molecule has 2 rings (SSSR count). The number of aromatic nitrogens is 2. The van der Waals surface area contributed by atoms with Crippen molar-refractivity contribution in [1.82, 2.24) is 9.97 Å². The van der Waals surface area contributed by atoms with Gasteiger partial charge in [-0.25, -0.2) is 9.97 Å². The van der Waals surface area contributed by atoms with E-state index in [0.29, 0.717) is 5.46 Å². The van der Waals surface area contributed by atoms with Gasteiger partial charge < -0.3 is 14.0 Å². The molecule has 7 heteroatoms. The third-order valence-electron chi connectivity index (χ3n) is 3.41. The number of ether oxygens (including phenoxy) is 1.